The molecule has 0 fully saturated rings. The van der Waals surface area contributed by atoms with Crippen molar-refractivity contribution in [3.05, 3.63) is 28.8 Å². The molecule has 1 atom stereocenters. The van der Waals surface area contributed by atoms with E-state index in [4.69, 9.17) is 9.95 Å². The number of hydrogen-bond donors (Lipinski definition) is 1. The van der Waals surface area contributed by atoms with Gasteiger partial charge in [0.1, 0.15) is 12.4 Å². The Morgan fingerprint density at radius 2 is 2.67 bits per heavy atom. The molecule has 0 unspecified atom stereocenters. The Bertz CT molecular complexity index is 265. The van der Waals surface area contributed by atoms with Crippen LogP contribution in [0.4, 0.5) is 0 Å². The fraction of sp³-hybridized carbons (Fsp3) is 0.500. The third-order valence-corrected chi connectivity index (χ3v) is 1.30. The highest BCUT2D eigenvalue weighted by molar-refractivity contribution is 4.85. The Balaban J connectivity index is 2.39. The van der Waals surface area contributed by atoms with Gasteiger partial charge in [-0.3, -0.25) is 0 Å². The van der Waals surface area contributed by atoms with Gasteiger partial charge >= 0.3 is 0 Å². The lowest BCUT2D eigenvalue weighted by molar-refractivity contribution is 0.136. The van der Waals surface area contributed by atoms with Gasteiger partial charge in [-0.25, -0.2) is 4.98 Å². The molecule has 1 aromatic rings. The van der Waals surface area contributed by atoms with Crippen LogP contribution in [0.5, 0.6) is 0 Å². The smallest absolute Gasteiger partial charge is 0.222 e. The Morgan fingerprint density at radius 3 is 3.25 bits per heavy atom. The van der Waals surface area contributed by atoms with Gasteiger partial charge in [0.05, 0.1) is 6.20 Å². The maximum atomic E-state index is 9.30. The van der Waals surface area contributed by atoms with Crippen molar-refractivity contribution in [2.75, 3.05) is 6.54 Å². The van der Waals surface area contributed by atoms with E-state index in [-0.39, 0.29) is 12.4 Å². The molecule has 1 N–H and O–H groups in total. The molecule has 12 heavy (non-hydrogen) atoms. The van der Waals surface area contributed by atoms with Crippen molar-refractivity contribution >= 4 is 0 Å². The molecule has 0 bridgehead atoms. The molecule has 0 aliphatic rings. The molecule has 1 aromatic heterocycles. The second kappa shape index (κ2) is 4.38. The highest BCUT2D eigenvalue weighted by Gasteiger charge is 2.10. The second-order valence-corrected chi connectivity index (χ2v) is 2.13. The van der Waals surface area contributed by atoms with Crippen LogP contribution < -0.4 is 0 Å². The highest BCUT2D eigenvalue weighted by atomic mass is 16.4. The topological polar surface area (TPSA) is 95.0 Å². The van der Waals surface area contributed by atoms with Crippen LogP contribution in [0.25, 0.3) is 10.4 Å². The number of aliphatic hydroxyl groups is 1. The molecule has 0 amide bonds. The van der Waals surface area contributed by atoms with Crippen LogP contribution in [0.3, 0.4) is 0 Å². The van der Waals surface area contributed by atoms with E-state index in [1.807, 2.05) is 0 Å². The van der Waals surface area contributed by atoms with Crippen molar-refractivity contribution in [3.8, 4) is 0 Å². The summed E-state index contributed by atoms with van der Waals surface area (Å²) in [5.41, 5.74) is 7.95. The molecule has 0 spiro atoms. The number of azide groups is 1. The van der Waals surface area contributed by atoms with Gasteiger partial charge < -0.3 is 9.52 Å². The third kappa shape index (κ3) is 2.26. The molecule has 0 radical (unpaired) electrons. The van der Waals surface area contributed by atoms with Crippen LogP contribution in [-0.2, 0) is 0 Å². The summed E-state index contributed by atoms with van der Waals surface area (Å²) >= 11 is 0. The van der Waals surface area contributed by atoms with Crippen molar-refractivity contribution in [2.45, 2.75) is 12.5 Å². The average Bonchev–Trinajstić information content (AvgIpc) is 2.56. The summed E-state index contributed by atoms with van der Waals surface area (Å²) in [6.07, 6.45) is 2.37. The molecular formula is C6H8N4O2. The summed E-state index contributed by atoms with van der Waals surface area (Å²) in [7, 11) is 0. The first-order chi connectivity index (χ1) is 5.84. The maximum Gasteiger partial charge on any atom is 0.222 e. The quantitative estimate of drug-likeness (QED) is 0.418. The van der Waals surface area contributed by atoms with Crippen LogP contribution in [0.15, 0.2) is 22.0 Å². The summed E-state index contributed by atoms with van der Waals surface area (Å²) < 4.78 is 4.83. The van der Waals surface area contributed by atoms with Crippen molar-refractivity contribution in [2.24, 2.45) is 5.11 Å². The van der Waals surface area contributed by atoms with E-state index >= 15 is 0 Å². The monoisotopic (exact) mass is 168 g/mol. The van der Waals surface area contributed by atoms with Gasteiger partial charge in [0.15, 0.2) is 0 Å². The number of rotatable bonds is 4. The molecule has 1 heterocycles. The zero-order valence-corrected chi connectivity index (χ0v) is 6.29. The van der Waals surface area contributed by atoms with Crippen LogP contribution >= 0.6 is 0 Å². The lowest BCUT2D eigenvalue weighted by Gasteiger charge is -2.01. The van der Waals surface area contributed by atoms with Crippen molar-refractivity contribution in [1.29, 1.82) is 0 Å². The van der Waals surface area contributed by atoms with Crippen molar-refractivity contribution in [1.82, 2.24) is 4.98 Å². The van der Waals surface area contributed by atoms with Crippen molar-refractivity contribution in [3.63, 3.8) is 0 Å². The molecule has 0 aliphatic carbocycles. The molecule has 0 aromatic carbocycles. The van der Waals surface area contributed by atoms with Gasteiger partial charge in [0.25, 0.3) is 0 Å². The first-order valence-electron chi connectivity index (χ1n) is 3.43. The van der Waals surface area contributed by atoms with Gasteiger partial charge in [0.2, 0.25) is 5.89 Å². The van der Waals surface area contributed by atoms with Gasteiger partial charge in [-0.15, -0.1) is 0 Å². The fourth-order valence-corrected chi connectivity index (χ4v) is 0.747. The molecule has 0 aliphatic heterocycles. The lowest BCUT2D eigenvalue weighted by Crippen LogP contribution is -1.98. The van der Waals surface area contributed by atoms with Gasteiger partial charge in [-0.05, 0) is 12.0 Å². The Hall–Kier alpha value is -1.52. The van der Waals surface area contributed by atoms with Crippen LogP contribution in [0.2, 0.25) is 0 Å². The average molecular weight is 168 g/mol. The number of aliphatic hydroxyl groups excluding tert-OH is 1. The van der Waals surface area contributed by atoms with Crippen LogP contribution in [0, 0.1) is 0 Å². The summed E-state index contributed by atoms with van der Waals surface area (Å²) in [6.45, 7) is 0.236. The molecule has 6 heteroatoms. The molecule has 0 saturated carbocycles. The summed E-state index contributed by atoms with van der Waals surface area (Å²) in [5.74, 6) is 0.253. The number of hydrogen-bond acceptors (Lipinski definition) is 4. The first-order valence-corrected chi connectivity index (χ1v) is 3.43. The van der Waals surface area contributed by atoms with Crippen LogP contribution in [-0.4, -0.2) is 16.6 Å². The zero-order valence-electron chi connectivity index (χ0n) is 6.29. The summed E-state index contributed by atoms with van der Waals surface area (Å²) in [4.78, 5) is 6.30. The number of oxazole rings is 1. The van der Waals surface area contributed by atoms with Crippen molar-refractivity contribution < 1.29 is 9.52 Å². The predicted octanol–water partition coefficient (Wildman–Crippen LogP) is 1.41. The van der Waals surface area contributed by atoms with Crippen LogP contribution in [0.1, 0.15) is 18.4 Å². The van der Waals surface area contributed by atoms with E-state index in [1.165, 1.54) is 12.5 Å². The molecule has 0 saturated heterocycles. The van der Waals surface area contributed by atoms with E-state index in [2.05, 4.69) is 15.0 Å². The predicted molar refractivity (Wildman–Crippen MR) is 40.1 cm³/mol. The van der Waals surface area contributed by atoms with E-state index in [0.29, 0.717) is 6.42 Å². The largest absolute Gasteiger partial charge is 0.446 e. The Labute approximate surface area is 68.5 Å². The lowest BCUT2D eigenvalue weighted by atomic mass is 10.2. The number of nitrogens with zero attached hydrogens (tertiary/aromatic N) is 4. The van der Waals surface area contributed by atoms with E-state index in [1.54, 1.807) is 0 Å². The SMILES string of the molecule is [N-]=[N+]=NCC[C@@H](O)c1ncco1. The molecular weight excluding hydrogens is 160 g/mol. The Kier molecular flexibility index (Phi) is 3.13. The Morgan fingerprint density at radius 1 is 1.83 bits per heavy atom. The minimum atomic E-state index is -0.787. The van der Waals surface area contributed by atoms with Gasteiger partial charge in [-0.1, -0.05) is 5.11 Å². The summed E-state index contributed by atoms with van der Waals surface area (Å²) in [5, 5.41) is 12.6. The van der Waals surface area contributed by atoms with Gasteiger partial charge in [-0.2, -0.15) is 0 Å². The fourth-order valence-electron chi connectivity index (χ4n) is 0.747. The van der Waals surface area contributed by atoms with E-state index in [9.17, 15) is 5.11 Å². The van der Waals surface area contributed by atoms with E-state index in [0.717, 1.165) is 0 Å². The minimum absolute atomic E-state index is 0.236. The normalized spacial score (nSPS) is 12.1. The third-order valence-electron chi connectivity index (χ3n) is 1.30. The molecule has 64 valence electrons. The molecule has 1 rings (SSSR count). The maximum absolute atomic E-state index is 9.30. The second-order valence-electron chi connectivity index (χ2n) is 2.13. The minimum Gasteiger partial charge on any atom is -0.446 e. The van der Waals surface area contributed by atoms with Gasteiger partial charge in [0, 0.05) is 11.5 Å². The zero-order chi connectivity index (χ0) is 8.81. The number of aromatic nitrogens is 1. The van der Waals surface area contributed by atoms with E-state index < -0.39 is 6.10 Å². The standard InChI is InChI=1S/C6H8N4O2/c7-10-9-2-1-5(11)6-8-3-4-12-6/h3-5,11H,1-2H2/t5-/m1/s1. The highest BCUT2D eigenvalue weighted by Crippen LogP contribution is 2.13. The summed E-state index contributed by atoms with van der Waals surface area (Å²) in [6, 6.07) is 0. The molecule has 6 nitrogen and oxygen atoms in total. The first kappa shape index (κ1) is 8.58.